The number of aliphatic carboxylic acids is 1. The number of carboxylic acids is 1. The Kier molecular flexibility index (Phi) is 1.58. The van der Waals surface area contributed by atoms with Gasteiger partial charge in [0.25, 0.3) is 0 Å². The number of hydrogen-bond donors (Lipinski definition) is 1. The van der Waals surface area contributed by atoms with E-state index in [4.69, 9.17) is 5.11 Å². The van der Waals surface area contributed by atoms with Gasteiger partial charge in [-0.1, -0.05) is 36.4 Å². The quantitative estimate of drug-likeness (QED) is 0.756. The Morgan fingerprint density at radius 1 is 1.40 bits per heavy atom. The third kappa shape index (κ3) is 1.08. The number of fused-ring (bicyclic) bond motifs is 2. The van der Waals surface area contributed by atoms with Crippen molar-refractivity contribution in [2.45, 2.75) is 18.3 Å². The molecule has 1 saturated carbocycles. The molecule has 15 heavy (non-hydrogen) atoms. The Balaban J connectivity index is 2.09. The highest BCUT2D eigenvalue weighted by Crippen LogP contribution is 2.59. The fourth-order valence-electron chi connectivity index (χ4n) is 2.75. The number of carbonyl (C=O) groups is 1. The smallest absolute Gasteiger partial charge is 0.307 e. The van der Waals surface area contributed by atoms with Crippen LogP contribution < -0.4 is 0 Å². The molecule has 2 nitrogen and oxygen atoms in total. The van der Waals surface area contributed by atoms with E-state index in [1.807, 2.05) is 12.1 Å². The molecule has 3 rings (SSSR count). The van der Waals surface area contributed by atoms with E-state index >= 15 is 0 Å². The van der Waals surface area contributed by atoms with E-state index < -0.39 is 5.97 Å². The molecule has 0 heterocycles. The third-order valence-electron chi connectivity index (χ3n) is 3.65. The average molecular weight is 200 g/mol. The van der Waals surface area contributed by atoms with Crippen LogP contribution in [0.2, 0.25) is 0 Å². The standard InChI is InChI=1S/C13H12O2/c14-12(15)11-8-13(11)7-3-5-9-4-1-2-6-10(9)13/h1-6,11H,7-8H2,(H,14,15). The molecule has 0 aliphatic heterocycles. The van der Waals surface area contributed by atoms with Gasteiger partial charge in [-0.25, -0.2) is 0 Å². The highest BCUT2D eigenvalue weighted by molar-refractivity contribution is 5.79. The molecule has 1 fully saturated rings. The van der Waals surface area contributed by atoms with Gasteiger partial charge in [-0.2, -0.15) is 0 Å². The van der Waals surface area contributed by atoms with Gasteiger partial charge >= 0.3 is 5.97 Å². The van der Waals surface area contributed by atoms with Crippen molar-refractivity contribution in [3.8, 4) is 0 Å². The first-order valence-electron chi connectivity index (χ1n) is 5.23. The maximum Gasteiger partial charge on any atom is 0.307 e. The van der Waals surface area contributed by atoms with Crippen LogP contribution in [0.15, 0.2) is 30.3 Å². The van der Waals surface area contributed by atoms with Gasteiger partial charge in [0.05, 0.1) is 5.92 Å². The van der Waals surface area contributed by atoms with Crippen LogP contribution in [0.1, 0.15) is 24.0 Å². The van der Waals surface area contributed by atoms with Crippen LogP contribution in [0.25, 0.3) is 6.08 Å². The molecule has 0 radical (unpaired) electrons. The summed E-state index contributed by atoms with van der Waals surface area (Å²) >= 11 is 0. The van der Waals surface area contributed by atoms with Crippen LogP contribution in [0, 0.1) is 5.92 Å². The molecule has 76 valence electrons. The largest absolute Gasteiger partial charge is 0.481 e. The van der Waals surface area contributed by atoms with Crippen molar-refractivity contribution in [3.63, 3.8) is 0 Å². The third-order valence-corrected chi connectivity index (χ3v) is 3.65. The summed E-state index contributed by atoms with van der Waals surface area (Å²) in [6.45, 7) is 0. The predicted octanol–water partition coefficient (Wildman–Crippen LogP) is 2.45. The normalized spacial score (nSPS) is 31.3. The summed E-state index contributed by atoms with van der Waals surface area (Å²) in [5, 5.41) is 9.07. The summed E-state index contributed by atoms with van der Waals surface area (Å²) in [5.74, 6) is -0.830. The number of carboxylic acid groups (broad SMARTS) is 1. The summed E-state index contributed by atoms with van der Waals surface area (Å²) in [6, 6.07) is 8.13. The van der Waals surface area contributed by atoms with E-state index in [0.29, 0.717) is 0 Å². The van der Waals surface area contributed by atoms with Crippen LogP contribution in [0.3, 0.4) is 0 Å². The second-order valence-electron chi connectivity index (χ2n) is 4.44. The molecule has 2 atom stereocenters. The fraction of sp³-hybridized carbons (Fsp3) is 0.308. The first-order chi connectivity index (χ1) is 7.24. The summed E-state index contributed by atoms with van der Waals surface area (Å²) in [5.41, 5.74) is 2.32. The van der Waals surface area contributed by atoms with E-state index in [2.05, 4.69) is 24.3 Å². The zero-order valence-electron chi connectivity index (χ0n) is 8.31. The van der Waals surface area contributed by atoms with E-state index in [-0.39, 0.29) is 11.3 Å². The first-order valence-corrected chi connectivity index (χ1v) is 5.23. The topological polar surface area (TPSA) is 37.3 Å². The molecule has 2 heteroatoms. The number of hydrogen-bond acceptors (Lipinski definition) is 1. The van der Waals surface area contributed by atoms with Crippen LogP contribution >= 0.6 is 0 Å². The highest BCUT2D eigenvalue weighted by atomic mass is 16.4. The molecule has 1 aromatic carbocycles. The summed E-state index contributed by atoms with van der Waals surface area (Å²) < 4.78 is 0. The second kappa shape index (κ2) is 2.72. The lowest BCUT2D eigenvalue weighted by Crippen LogP contribution is -2.17. The van der Waals surface area contributed by atoms with E-state index in [1.54, 1.807) is 0 Å². The molecule has 1 aromatic rings. The number of allylic oxidation sites excluding steroid dienone is 1. The molecular formula is C13H12O2. The lowest BCUT2D eigenvalue weighted by atomic mass is 9.82. The van der Waals surface area contributed by atoms with Crippen molar-refractivity contribution in [2.24, 2.45) is 5.92 Å². The van der Waals surface area contributed by atoms with Gasteiger partial charge in [0.1, 0.15) is 0 Å². The molecule has 0 amide bonds. The maximum atomic E-state index is 11.0. The molecule has 0 bridgehead atoms. The zero-order valence-corrected chi connectivity index (χ0v) is 8.31. The summed E-state index contributed by atoms with van der Waals surface area (Å²) in [7, 11) is 0. The van der Waals surface area contributed by atoms with Gasteiger partial charge < -0.3 is 5.11 Å². The van der Waals surface area contributed by atoms with E-state index in [0.717, 1.165) is 12.8 Å². The van der Waals surface area contributed by atoms with Gasteiger partial charge in [0.2, 0.25) is 0 Å². The van der Waals surface area contributed by atoms with Gasteiger partial charge in [-0.3, -0.25) is 4.79 Å². The highest BCUT2D eigenvalue weighted by Gasteiger charge is 2.59. The van der Waals surface area contributed by atoms with Crippen molar-refractivity contribution in [2.75, 3.05) is 0 Å². The molecule has 0 aromatic heterocycles. The van der Waals surface area contributed by atoms with Crippen molar-refractivity contribution in [1.29, 1.82) is 0 Å². The van der Waals surface area contributed by atoms with Crippen LogP contribution in [-0.2, 0) is 10.2 Å². The molecule has 1 spiro atoms. The Labute approximate surface area is 88.2 Å². The number of rotatable bonds is 1. The predicted molar refractivity (Wildman–Crippen MR) is 57.5 cm³/mol. The second-order valence-corrected chi connectivity index (χ2v) is 4.44. The lowest BCUT2D eigenvalue weighted by Gasteiger charge is -2.21. The Morgan fingerprint density at radius 2 is 2.20 bits per heavy atom. The molecule has 0 saturated heterocycles. The van der Waals surface area contributed by atoms with Crippen molar-refractivity contribution in [3.05, 3.63) is 41.5 Å². The average Bonchev–Trinajstić information content (AvgIpc) is 2.95. The number of benzene rings is 1. The fourth-order valence-corrected chi connectivity index (χ4v) is 2.75. The zero-order chi connectivity index (χ0) is 10.5. The first kappa shape index (κ1) is 8.72. The molecule has 2 aliphatic rings. The molecular weight excluding hydrogens is 188 g/mol. The Bertz CT molecular complexity index is 461. The minimum atomic E-state index is -0.653. The lowest BCUT2D eigenvalue weighted by molar-refractivity contribution is -0.139. The Morgan fingerprint density at radius 3 is 2.93 bits per heavy atom. The van der Waals surface area contributed by atoms with Gasteiger partial charge in [0.15, 0.2) is 0 Å². The van der Waals surface area contributed by atoms with Crippen LogP contribution in [0.4, 0.5) is 0 Å². The van der Waals surface area contributed by atoms with Crippen molar-refractivity contribution >= 4 is 12.0 Å². The van der Waals surface area contributed by atoms with E-state index in [9.17, 15) is 4.79 Å². The summed E-state index contributed by atoms with van der Waals surface area (Å²) in [6.07, 6.45) is 5.87. The molecule has 1 N–H and O–H groups in total. The minimum Gasteiger partial charge on any atom is -0.481 e. The Hall–Kier alpha value is -1.57. The minimum absolute atomic E-state index is 0.0861. The van der Waals surface area contributed by atoms with Crippen molar-refractivity contribution in [1.82, 2.24) is 0 Å². The van der Waals surface area contributed by atoms with E-state index in [1.165, 1.54) is 11.1 Å². The van der Waals surface area contributed by atoms with Crippen LogP contribution in [0.5, 0.6) is 0 Å². The monoisotopic (exact) mass is 200 g/mol. The van der Waals surface area contributed by atoms with Gasteiger partial charge in [-0.15, -0.1) is 0 Å². The maximum absolute atomic E-state index is 11.0. The van der Waals surface area contributed by atoms with Gasteiger partial charge in [-0.05, 0) is 24.0 Å². The van der Waals surface area contributed by atoms with Crippen molar-refractivity contribution < 1.29 is 9.90 Å². The summed E-state index contributed by atoms with van der Waals surface area (Å²) in [4.78, 5) is 11.0. The van der Waals surface area contributed by atoms with Crippen LogP contribution in [-0.4, -0.2) is 11.1 Å². The molecule has 2 unspecified atom stereocenters. The SMILES string of the molecule is O=C(O)C1CC12CC=Cc1ccccc12. The molecule has 2 aliphatic carbocycles. The van der Waals surface area contributed by atoms with Gasteiger partial charge in [0, 0.05) is 5.41 Å².